The van der Waals surface area contributed by atoms with Crippen molar-refractivity contribution in [1.82, 2.24) is 15.1 Å². The van der Waals surface area contributed by atoms with E-state index in [0.717, 1.165) is 24.4 Å². The number of amides is 2. The van der Waals surface area contributed by atoms with Gasteiger partial charge in [0.25, 0.3) is 0 Å². The Bertz CT molecular complexity index is 976. The van der Waals surface area contributed by atoms with Crippen LogP contribution in [0.4, 0.5) is 0 Å². The van der Waals surface area contributed by atoms with Gasteiger partial charge in [0.15, 0.2) is 0 Å². The van der Waals surface area contributed by atoms with Crippen LogP contribution in [0.15, 0.2) is 60.7 Å². The summed E-state index contributed by atoms with van der Waals surface area (Å²) in [7, 11) is 1.68. The molecule has 2 amide bonds. The molecule has 6 heteroatoms. The predicted molar refractivity (Wildman–Crippen MR) is 139 cm³/mol. The van der Waals surface area contributed by atoms with Crippen LogP contribution in [-0.4, -0.2) is 61.4 Å². The number of benzene rings is 2. The van der Waals surface area contributed by atoms with Crippen molar-refractivity contribution >= 4 is 17.9 Å². The van der Waals surface area contributed by atoms with Crippen molar-refractivity contribution in [2.75, 3.05) is 39.8 Å². The molecule has 6 nitrogen and oxygen atoms in total. The van der Waals surface area contributed by atoms with Crippen molar-refractivity contribution < 1.29 is 14.3 Å². The highest BCUT2D eigenvalue weighted by atomic mass is 16.5. The number of ether oxygens (including phenoxy) is 1. The van der Waals surface area contributed by atoms with Gasteiger partial charge in [-0.1, -0.05) is 48.9 Å². The number of hydrogen-bond acceptors (Lipinski definition) is 4. The first-order valence-corrected chi connectivity index (χ1v) is 12.8. The highest BCUT2D eigenvalue weighted by Gasteiger charge is 2.28. The number of carbonyl (C=O) groups excluding carboxylic acids is 2. The van der Waals surface area contributed by atoms with Crippen molar-refractivity contribution in [2.24, 2.45) is 5.92 Å². The normalized spacial score (nSPS) is 18.4. The van der Waals surface area contributed by atoms with Crippen LogP contribution >= 0.6 is 0 Å². The lowest BCUT2D eigenvalue weighted by Gasteiger charge is -2.36. The molecule has 0 radical (unpaired) electrons. The second kappa shape index (κ2) is 12.5. The Labute approximate surface area is 208 Å². The smallest absolute Gasteiger partial charge is 0.246 e. The molecule has 0 bridgehead atoms. The van der Waals surface area contributed by atoms with Crippen LogP contribution < -0.4 is 10.1 Å². The lowest BCUT2D eigenvalue weighted by Crippen LogP contribution is -2.45. The zero-order chi connectivity index (χ0) is 24.5. The Morgan fingerprint density at radius 3 is 2.31 bits per heavy atom. The molecule has 2 aliphatic rings. The summed E-state index contributed by atoms with van der Waals surface area (Å²) in [5.74, 6) is 0.912. The van der Waals surface area contributed by atoms with E-state index in [2.05, 4.69) is 22.3 Å². The second-order valence-corrected chi connectivity index (χ2v) is 9.47. The second-order valence-electron chi connectivity index (χ2n) is 9.47. The van der Waals surface area contributed by atoms with Crippen molar-refractivity contribution in [3.05, 3.63) is 71.8 Å². The van der Waals surface area contributed by atoms with E-state index < -0.39 is 0 Å². The van der Waals surface area contributed by atoms with E-state index in [1.165, 1.54) is 24.8 Å². The number of hydrogen-bond donors (Lipinski definition) is 1. The van der Waals surface area contributed by atoms with Gasteiger partial charge < -0.3 is 15.0 Å². The van der Waals surface area contributed by atoms with Crippen LogP contribution in [0.5, 0.6) is 5.75 Å². The summed E-state index contributed by atoms with van der Waals surface area (Å²) in [6, 6.07) is 18.2. The van der Waals surface area contributed by atoms with Crippen molar-refractivity contribution in [3.63, 3.8) is 0 Å². The Morgan fingerprint density at radius 2 is 1.66 bits per heavy atom. The van der Waals surface area contributed by atoms with E-state index in [4.69, 9.17) is 4.74 Å². The first-order valence-electron chi connectivity index (χ1n) is 12.8. The van der Waals surface area contributed by atoms with Crippen molar-refractivity contribution in [3.8, 4) is 5.75 Å². The molecule has 2 fully saturated rings. The van der Waals surface area contributed by atoms with Gasteiger partial charge in [0.05, 0.1) is 13.2 Å². The Morgan fingerprint density at radius 1 is 0.971 bits per heavy atom. The van der Waals surface area contributed by atoms with Crippen LogP contribution in [0.1, 0.15) is 49.3 Å². The third-order valence-corrected chi connectivity index (χ3v) is 7.20. The fourth-order valence-corrected chi connectivity index (χ4v) is 5.05. The number of rotatable bonds is 8. The van der Waals surface area contributed by atoms with Gasteiger partial charge in [-0.3, -0.25) is 14.5 Å². The van der Waals surface area contributed by atoms with Gasteiger partial charge in [0, 0.05) is 31.6 Å². The third kappa shape index (κ3) is 6.95. The molecule has 4 rings (SSSR count). The number of carbonyl (C=O) groups is 2. The molecule has 0 aromatic heterocycles. The standard InChI is InChI=1S/C29H37N3O3/c1-35-26-13-11-24(12-14-26)27(31-18-6-3-7-19-31)22-30-29(34)25-16-20-32(21-17-25)28(33)15-10-23-8-4-2-5-9-23/h2,4-5,8-15,25,27H,3,6-7,16-22H2,1H3,(H,30,34). The van der Waals surface area contributed by atoms with Crippen LogP contribution in [0.25, 0.3) is 6.08 Å². The van der Waals surface area contributed by atoms with Crippen LogP contribution in [0, 0.1) is 5.92 Å². The first kappa shape index (κ1) is 25.0. The number of piperidine rings is 2. The van der Waals surface area contributed by atoms with Gasteiger partial charge in [-0.05, 0) is 68.1 Å². The number of nitrogens with one attached hydrogen (secondary N) is 1. The SMILES string of the molecule is COc1ccc(C(CNC(=O)C2CCN(C(=O)C=Cc3ccccc3)CC2)N2CCCCC2)cc1. The monoisotopic (exact) mass is 475 g/mol. The topological polar surface area (TPSA) is 61.9 Å². The fraction of sp³-hybridized carbons (Fsp3) is 0.448. The molecule has 2 aromatic rings. The van der Waals surface area contributed by atoms with Crippen LogP contribution in [-0.2, 0) is 9.59 Å². The molecular formula is C29H37N3O3. The molecule has 1 N–H and O–H groups in total. The zero-order valence-corrected chi connectivity index (χ0v) is 20.7. The van der Waals surface area contributed by atoms with E-state index in [0.29, 0.717) is 32.5 Å². The molecule has 0 spiro atoms. The van der Waals surface area contributed by atoms with Gasteiger partial charge >= 0.3 is 0 Å². The Kier molecular flexibility index (Phi) is 8.96. The predicted octanol–water partition coefficient (Wildman–Crippen LogP) is 4.29. The minimum Gasteiger partial charge on any atom is -0.497 e. The Balaban J connectivity index is 1.29. The van der Waals surface area contributed by atoms with Gasteiger partial charge in [-0.25, -0.2) is 0 Å². The number of methoxy groups -OCH3 is 1. The van der Waals surface area contributed by atoms with Gasteiger partial charge in [0.1, 0.15) is 5.75 Å². The van der Waals surface area contributed by atoms with E-state index in [-0.39, 0.29) is 23.8 Å². The lowest BCUT2D eigenvalue weighted by molar-refractivity contribution is -0.132. The molecule has 2 heterocycles. The minimum atomic E-state index is -0.0463. The molecule has 1 atom stereocenters. The van der Waals surface area contributed by atoms with Crippen molar-refractivity contribution in [1.29, 1.82) is 0 Å². The lowest BCUT2D eigenvalue weighted by atomic mass is 9.95. The molecule has 1 unspecified atom stereocenters. The zero-order valence-electron chi connectivity index (χ0n) is 20.7. The quantitative estimate of drug-likeness (QED) is 0.579. The summed E-state index contributed by atoms with van der Waals surface area (Å²) in [6.07, 6.45) is 8.56. The largest absolute Gasteiger partial charge is 0.497 e. The van der Waals surface area contributed by atoms with E-state index in [1.807, 2.05) is 53.4 Å². The van der Waals surface area contributed by atoms with Crippen LogP contribution in [0.3, 0.4) is 0 Å². The molecule has 2 aliphatic heterocycles. The van der Waals surface area contributed by atoms with E-state index >= 15 is 0 Å². The van der Waals surface area contributed by atoms with E-state index in [9.17, 15) is 9.59 Å². The molecule has 0 aliphatic carbocycles. The van der Waals surface area contributed by atoms with Gasteiger partial charge in [0.2, 0.25) is 11.8 Å². The summed E-state index contributed by atoms with van der Waals surface area (Å²) in [5, 5.41) is 3.24. The maximum atomic E-state index is 13.0. The maximum absolute atomic E-state index is 13.0. The van der Waals surface area contributed by atoms with E-state index in [1.54, 1.807) is 13.2 Å². The average molecular weight is 476 g/mol. The Hall–Kier alpha value is -3.12. The summed E-state index contributed by atoms with van der Waals surface area (Å²) in [5.41, 5.74) is 2.22. The summed E-state index contributed by atoms with van der Waals surface area (Å²) < 4.78 is 5.32. The molecule has 0 saturated carbocycles. The molecule has 35 heavy (non-hydrogen) atoms. The van der Waals surface area contributed by atoms with Gasteiger partial charge in [-0.15, -0.1) is 0 Å². The summed E-state index contributed by atoms with van der Waals surface area (Å²) in [4.78, 5) is 29.9. The summed E-state index contributed by atoms with van der Waals surface area (Å²) >= 11 is 0. The molecule has 2 saturated heterocycles. The third-order valence-electron chi connectivity index (χ3n) is 7.20. The van der Waals surface area contributed by atoms with Crippen molar-refractivity contribution in [2.45, 2.75) is 38.1 Å². The van der Waals surface area contributed by atoms with Gasteiger partial charge in [-0.2, -0.15) is 0 Å². The fourth-order valence-electron chi connectivity index (χ4n) is 5.05. The molecule has 186 valence electrons. The summed E-state index contributed by atoms with van der Waals surface area (Å²) in [6.45, 7) is 3.95. The highest BCUT2D eigenvalue weighted by molar-refractivity contribution is 5.92. The maximum Gasteiger partial charge on any atom is 0.246 e. The van der Waals surface area contributed by atoms with Crippen LogP contribution in [0.2, 0.25) is 0 Å². The molecular weight excluding hydrogens is 438 g/mol. The number of nitrogens with zero attached hydrogens (tertiary/aromatic N) is 2. The molecule has 2 aromatic carbocycles. The minimum absolute atomic E-state index is 0.0115. The number of likely N-dealkylation sites (tertiary alicyclic amines) is 2. The average Bonchev–Trinajstić information content (AvgIpc) is 2.93. The highest BCUT2D eigenvalue weighted by Crippen LogP contribution is 2.26. The first-order chi connectivity index (χ1) is 17.1.